The van der Waals surface area contributed by atoms with E-state index in [0.29, 0.717) is 13.0 Å². The van der Waals surface area contributed by atoms with Gasteiger partial charge in [0.2, 0.25) is 5.91 Å². The summed E-state index contributed by atoms with van der Waals surface area (Å²) in [6, 6.07) is 16.3. The van der Waals surface area contributed by atoms with Crippen LogP contribution in [-0.2, 0) is 19.2 Å². The van der Waals surface area contributed by atoms with E-state index in [2.05, 4.69) is 39.9 Å². The summed E-state index contributed by atoms with van der Waals surface area (Å²) >= 11 is 0. The molecule has 0 spiro atoms. The van der Waals surface area contributed by atoms with Crippen molar-refractivity contribution in [2.45, 2.75) is 25.2 Å². The summed E-state index contributed by atoms with van der Waals surface area (Å²) in [7, 11) is 0. The minimum Gasteiger partial charge on any atom is -0.479 e. The summed E-state index contributed by atoms with van der Waals surface area (Å²) < 4.78 is 5.55. The molecule has 0 aromatic heterocycles. The molecule has 4 rings (SSSR count). The average molecular weight is 438 g/mol. The third kappa shape index (κ3) is 4.75. The number of fused-ring (bicyclic) bond motifs is 3. The van der Waals surface area contributed by atoms with Gasteiger partial charge in [-0.1, -0.05) is 55.0 Å². The number of carboxylic acids is 1. The van der Waals surface area contributed by atoms with Crippen LogP contribution in [0.25, 0.3) is 11.1 Å². The number of carbonyl (C=O) groups is 3. The second-order valence-corrected chi connectivity index (χ2v) is 8.15. The molecule has 32 heavy (non-hydrogen) atoms. The Hall–Kier alpha value is -3.39. The topological polar surface area (TPSA) is 114 Å². The molecule has 2 amide bonds. The largest absolute Gasteiger partial charge is 0.479 e. The Labute approximate surface area is 185 Å². The third-order valence-electron chi connectivity index (χ3n) is 6.22. The lowest BCUT2D eigenvalue weighted by Gasteiger charge is -2.20. The first kappa shape index (κ1) is 21.8. The van der Waals surface area contributed by atoms with E-state index in [1.54, 1.807) is 0 Å². The molecule has 3 N–H and O–H groups in total. The van der Waals surface area contributed by atoms with Crippen LogP contribution in [-0.4, -0.2) is 42.8 Å². The Bertz CT molecular complexity index is 962. The summed E-state index contributed by atoms with van der Waals surface area (Å²) in [6.07, 6.45) is 1.80. The van der Waals surface area contributed by atoms with Crippen molar-refractivity contribution in [3.8, 4) is 11.1 Å². The number of hydrogen-bond donors (Lipinski definition) is 3. The van der Waals surface area contributed by atoms with Gasteiger partial charge in [0, 0.05) is 18.4 Å². The van der Waals surface area contributed by atoms with E-state index >= 15 is 0 Å². The van der Waals surface area contributed by atoms with E-state index < -0.39 is 18.7 Å². The van der Waals surface area contributed by atoms with Crippen molar-refractivity contribution in [1.29, 1.82) is 0 Å². The Balaban J connectivity index is 1.28. The van der Waals surface area contributed by atoms with Gasteiger partial charge in [0.15, 0.2) is 6.61 Å². The van der Waals surface area contributed by atoms with Crippen molar-refractivity contribution < 1.29 is 29.1 Å². The number of carbonyl (C=O) groups excluding carboxylic acids is 2. The molecule has 168 valence electrons. The maximum Gasteiger partial charge on any atom is 0.407 e. The van der Waals surface area contributed by atoms with E-state index in [-0.39, 0.29) is 30.3 Å². The molecule has 2 atom stereocenters. The molecule has 2 aliphatic carbocycles. The smallest absolute Gasteiger partial charge is 0.407 e. The number of aliphatic carboxylic acids is 1. The van der Waals surface area contributed by atoms with E-state index in [9.17, 15) is 14.4 Å². The molecule has 1 saturated carbocycles. The lowest BCUT2D eigenvalue weighted by Crippen LogP contribution is -2.38. The van der Waals surface area contributed by atoms with Crippen molar-refractivity contribution in [1.82, 2.24) is 10.8 Å². The molecule has 0 bridgehead atoms. The maximum absolute atomic E-state index is 12.4. The average Bonchev–Trinajstić information content (AvgIpc) is 3.39. The number of hydrogen-bond acceptors (Lipinski definition) is 5. The van der Waals surface area contributed by atoms with Crippen molar-refractivity contribution in [3.05, 3.63) is 59.7 Å². The zero-order valence-corrected chi connectivity index (χ0v) is 17.6. The van der Waals surface area contributed by atoms with Crippen LogP contribution in [0.2, 0.25) is 0 Å². The van der Waals surface area contributed by atoms with Gasteiger partial charge in [0.25, 0.3) is 0 Å². The van der Waals surface area contributed by atoms with E-state index in [1.165, 1.54) is 11.1 Å². The highest BCUT2D eigenvalue weighted by atomic mass is 16.7. The third-order valence-corrected chi connectivity index (χ3v) is 6.22. The lowest BCUT2D eigenvalue weighted by atomic mass is 9.95. The van der Waals surface area contributed by atoms with Crippen molar-refractivity contribution in [3.63, 3.8) is 0 Å². The number of ether oxygens (including phenoxy) is 1. The zero-order chi connectivity index (χ0) is 22.5. The minimum absolute atomic E-state index is 0.00968. The van der Waals surface area contributed by atoms with Gasteiger partial charge in [-0.05, 0) is 41.0 Å². The van der Waals surface area contributed by atoms with Crippen LogP contribution >= 0.6 is 0 Å². The Morgan fingerprint density at radius 3 is 2.28 bits per heavy atom. The lowest BCUT2D eigenvalue weighted by molar-refractivity contribution is -0.151. The molecule has 1 fully saturated rings. The fourth-order valence-electron chi connectivity index (χ4n) is 4.73. The Morgan fingerprint density at radius 1 is 0.969 bits per heavy atom. The number of alkyl carbamates (subject to hydrolysis) is 1. The monoisotopic (exact) mass is 438 g/mol. The van der Waals surface area contributed by atoms with Gasteiger partial charge in [-0.25, -0.2) is 15.1 Å². The fourth-order valence-corrected chi connectivity index (χ4v) is 4.73. The van der Waals surface area contributed by atoms with E-state index in [4.69, 9.17) is 9.84 Å². The van der Waals surface area contributed by atoms with Crippen LogP contribution in [0.3, 0.4) is 0 Å². The summed E-state index contributed by atoms with van der Waals surface area (Å²) in [5, 5.41) is 11.4. The van der Waals surface area contributed by atoms with Crippen molar-refractivity contribution >= 4 is 18.0 Å². The fraction of sp³-hybridized carbons (Fsp3) is 0.375. The van der Waals surface area contributed by atoms with Gasteiger partial charge in [-0.3, -0.25) is 9.63 Å². The van der Waals surface area contributed by atoms with Gasteiger partial charge in [0.05, 0.1) is 0 Å². The molecular formula is C24H26N2O6. The molecule has 0 saturated heterocycles. The molecular weight excluding hydrogens is 412 g/mol. The predicted molar refractivity (Wildman–Crippen MR) is 116 cm³/mol. The molecule has 2 aromatic rings. The van der Waals surface area contributed by atoms with Gasteiger partial charge < -0.3 is 15.2 Å². The molecule has 0 aliphatic heterocycles. The van der Waals surface area contributed by atoms with Crippen LogP contribution in [0.1, 0.15) is 36.3 Å². The van der Waals surface area contributed by atoms with Crippen LogP contribution in [0, 0.1) is 11.8 Å². The van der Waals surface area contributed by atoms with E-state index in [0.717, 1.165) is 24.0 Å². The predicted octanol–water partition coefficient (Wildman–Crippen LogP) is 3.07. The zero-order valence-electron chi connectivity index (χ0n) is 17.6. The molecule has 2 aliphatic rings. The van der Waals surface area contributed by atoms with Crippen LogP contribution in [0.15, 0.2) is 48.5 Å². The van der Waals surface area contributed by atoms with Crippen molar-refractivity contribution in [2.75, 3.05) is 19.8 Å². The Kier molecular flexibility index (Phi) is 6.70. The SMILES string of the molecule is O=C(O)CONC(=O)C1CCCC1CNC(=O)OCC1c2ccccc2-c2ccccc21. The first-order valence-corrected chi connectivity index (χ1v) is 10.8. The van der Waals surface area contributed by atoms with Gasteiger partial charge in [0.1, 0.15) is 6.61 Å². The molecule has 0 heterocycles. The summed E-state index contributed by atoms with van der Waals surface area (Å²) in [5.41, 5.74) is 6.83. The first-order valence-electron chi connectivity index (χ1n) is 10.8. The number of amides is 2. The summed E-state index contributed by atoms with van der Waals surface area (Å²) in [6.45, 7) is -0.0493. The summed E-state index contributed by atoms with van der Waals surface area (Å²) in [4.78, 5) is 39.8. The quantitative estimate of drug-likeness (QED) is 0.546. The van der Waals surface area contributed by atoms with E-state index in [1.807, 2.05) is 24.3 Å². The Morgan fingerprint density at radius 2 is 1.62 bits per heavy atom. The minimum atomic E-state index is -1.16. The highest BCUT2D eigenvalue weighted by Crippen LogP contribution is 2.44. The highest BCUT2D eigenvalue weighted by Gasteiger charge is 2.34. The molecule has 2 aromatic carbocycles. The summed E-state index contributed by atoms with van der Waals surface area (Å²) in [5.74, 6) is -1.92. The number of rotatable bonds is 8. The number of carboxylic acid groups (broad SMARTS) is 1. The molecule has 8 nitrogen and oxygen atoms in total. The first-order chi connectivity index (χ1) is 15.5. The number of hydroxylamine groups is 1. The molecule has 2 unspecified atom stereocenters. The van der Waals surface area contributed by atoms with Gasteiger partial charge in [-0.2, -0.15) is 0 Å². The number of nitrogens with one attached hydrogen (secondary N) is 2. The maximum atomic E-state index is 12.4. The highest BCUT2D eigenvalue weighted by molar-refractivity contribution is 5.79. The standard InChI is InChI=1S/C24H26N2O6/c27-22(28)14-32-26-23(29)16-11-5-6-15(16)12-25-24(30)31-13-21-19-9-3-1-7-17(19)18-8-2-4-10-20(18)21/h1-4,7-10,15-16,21H,5-6,11-14H2,(H,25,30)(H,26,29)(H,27,28). The van der Waals surface area contributed by atoms with Crippen LogP contribution < -0.4 is 10.8 Å². The second-order valence-electron chi connectivity index (χ2n) is 8.15. The van der Waals surface area contributed by atoms with Crippen LogP contribution in [0.4, 0.5) is 4.79 Å². The second kappa shape index (κ2) is 9.82. The van der Waals surface area contributed by atoms with Crippen LogP contribution in [0.5, 0.6) is 0 Å². The number of benzene rings is 2. The normalized spacial score (nSPS) is 19.1. The molecule has 0 radical (unpaired) electrons. The van der Waals surface area contributed by atoms with Gasteiger partial charge >= 0.3 is 12.1 Å². The van der Waals surface area contributed by atoms with Gasteiger partial charge in [-0.15, -0.1) is 0 Å². The van der Waals surface area contributed by atoms with Crippen molar-refractivity contribution in [2.24, 2.45) is 11.8 Å². The molecule has 8 heteroatoms.